The molecule has 1 heteroatoms. The first-order chi connectivity index (χ1) is 5.12. The van der Waals surface area contributed by atoms with E-state index in [1.54, 1.807) is 0 Å². The van der Waals surface area contributed by atoms with Gasteiger partial charge in [0.15, 0.2) is 0 Å². The van der Waals surface area contributed by atoms with E-state index in [2.05, 4.69) is 26.0 Å². The minimum atomic E-state index is -0.0718. The first kappa shape index (κ1) is 7.08. The fourth-order valence-electron chi connectivity index (χ4n) is 2.30. The summed E-state index contributed by atoms with van der Waals surface area (Å²) in [5, 5.41) is 0. The number of allylic oxidation sites excluding steroid dienone is 2. The lowest BCUT2D eigenvalue weighted by molar-refractivity contribution is -0.135. The Morgan fingerprint density at radius 2 is 2.09 bits per heavy atom. The first-order valence-electron chi connectivity index (χ1n) is 4.35. The van der Waals surface area contributed by atoms with E-state index in [0.29, 0.717) is 11.7 Å². The molecular weight excluding hydrogens is 136 g/mol. The molecule has 2 bridgehead atoms. The van der Waals surface area contributed by atoms with Crippen LogP contribution in [-0.2, 0) is 4.79 Å². The molecule has 0 aromatic carbocycles. The van der Waals surface area contributed by atoms with Crippen molar-refractivity contribution in [2.24, 2.45) is 17.3 Å². The average molecular weight is 150 g/mol. The zero-order valence-corrected chi connectivity index (χ0v) is 7.13. The maximum atomic E-state index is 11.7. The summed E-state index contributed by atoms with van der Waals surface area (Å²) in [6.07, 6.45) is 6.63. The van der Waals surface area contributed by atoms with Crippen molar-refractivity contribution in [2.75, 3.05) is 0 Å². The number of Topliss-reactive ketones (excluding diaryl/α,β-unsaturated/α-hetero) is 1. The van der Waals surface area contributed by atoms with Gasteiger partial charge in [-0.2, -0.15) is 0 Å². The fraction of sp³-hybridized carbons (Fsp3) is 0.700. The summed E-state index contributed by atoms with van der Waals surface area (Å²) in [5.41, 5.74) is -0.0718. The predicted octanol–water partition coefficient (Wildman–Crippen LogP) is 2.18. The molecule has 0 radical (unpaired) electrons. The highest BCUT2D eigenvalue weighted by Crippen LogP contribution is 2.45. The van der Waals surface area contributed by atoms with Gasteiger partial charge in [0.2, 0.25) is 0 Å². The molecule has 3 aliphatic rings. The molecule has 0 heterocycles. The highest BCUT2D eigenvalue weighted by molar-refractivity contribution is 5.90. The summed E-state index contributed by atoms with van der Waals surface area (Å²) < 4.78 is 0. The Balaban J connectivity index is 2.42. The van der Waals surface area contributed by atoms with E-state index in [-0.39, 0.29) is 11.3 Å². The maximum absolute atomic E-state index is 11.7. The molecule has 1 fully saturated rings. The zero-order chi connectivity index (χ0) is 8.06. The van der Waals surface area contributed by atoms with Gasteiger partial charge in [-0.1, -0.05) is 26.0 Å². The Hall–Kier alpha value is -0.590. The highest BCUT2D eigenvalue weighted by atomic mass is 16.1. The van der Waals surface area contributed by atoms with Gasteiger partial charge in [0.25, 0.3) is 0 Å². The van der Waals surface area contributed by atoms with Crippen LogP contribution in [-0.4, -0.2) is 5.78 Å². The quantitative estimate of drug-likeness (QED) is 0.484. The van der Waals surface area contributed by atoms with Crippen molar-refractivity contribution in [3.05, 3.63) is 12.2 Å². The SMILES string of the molecule is CC1(C)C(=O)[C@H]2C=C[C@@H]1CC2. The Labute approximate surface area is 67.5 Å². The normalized spacial score (nSPS) is 39.6. The summed E-state index contributed by atoms with van der Waals surface area (Å²) in [4.78, 5) is 11.7. The monoisotopic (exact) mass is 150 g/mol. The van der Waals surface area contributed by atoms with Crippen molar-refractivity contribution in [3.63, 3.8) is 0 Å². The third kappa shape index (κ3) is 0.800. The molecule has 0 unspecified atom stereocenters. The standard InChI is InChI=1S/C10H14O/c1-10(2)8-5-3-7(4-6-8)9(10)11/h3,5,7-8H,4,6H2,1-2H3/t7-,8+/m0/s1. The van der Waals surface area contributed by atoms with Crippen molar-refractivity contribution in [1.29, 1.82) is 0 Å². The number of hydrogen-bond donors (Lipinski definition) is 0. The molecule has 0 amide bonds. The van der Waals surface area contributed by atoms with Crippen LogP contribution < -0.4 is 0 Å². The summed E-state index contributed by atoms with van der Waals surface area (Å²) in [6.45, 7) is 4.16. The lowest BCUT2D eigenvalue weighted by Gasteiger charge is -2.42. The van der Waals surface area contributed by atoms with Crippen LogP contribution >= 0.6 is 0 Å². The largest absolute Gasteiger partial charge is 0.298 e. The van der Waals surface area contributed by atoms with Gasteiger partial charge in [-0.25, -0.2) is 0 Å². The van der Waals surface area contributed by atoms with Crippen molar-refractivity contribution in [1.82, 2.24) is 0 Å². The lowest BCUT2D eigenvalue weighted by Crippen LogP contribution is -2.43. The second-order valence-corrected chi connectivity index (χ2v) is 4.26. The molecule has 60 valence electrons. The van der Waals surface area contributed by atoms with E-state index < -0.39 is 0 Å². The van der Waals surface area contributed by atoms with Gasteiger partial charge in [0, 0.05) is 11.3 Å². The van der Waals surface area contributed by atoms with Crippen LogP contribution in [0.3, 0.4) is 0 Å². The Morgan fingerprint density at radius 1 is 1.36 bits per heavy atom. The molecular formula is C10H14O. The summed E-state index contributed by atoms with van der Waals surface area (Å²) >= 11 is 0. The lowest BCUT2D eigenvalue weighted by atomic mass is 9.60. The van der Waals surface area contributed by atoms with Gasteiger partial charge in [-0.05, 0) is 18.8 Å². The second-order valence-electron chi connectivity index (χ2n) is 4.26. The Kier molecular flexibility index (Phi) is 1.26. The fourth-order valence-corrected chi connectivity index (χ4v) is 2.30. The molecule has 11 heavy (non-hydrogen) atoms. The number of fused-ring (bicyclic) bond motifs is 2. The number of carbonyl (C=O) groups excluding carboxylic acids is 1. The average Bonchev–Trinajstić information content (AvgIpc) is 2.01. The van der Waals surface area contributed by atoms with Crippen LogP contribution in [0, 0.1) is 17.3 Å². The van der Waals surface area contributed by atoms with Crippen molar-refractivity contribution in [3.8, 4) is 0 Å². The van der Waals surface area contributed by atoms with Crippen LogP contribution in [0.4, 0.5) is 0 Å². The molecule has 3 aliphatic carbocycles. The van der Waals surface area contributed by atoms with E-state index in [0.717, 1.165) is 6.42 Å². The van der Waals surface area contributed by atoms with Gasteiger partial charge in [0.1, 0.15) is 5.78 Å². The van der Waals surface area contributed by atoms with Crippen LogP contribution in [0.25, 0.3) is 0 Å². The van der Waals surface area contributed by atoms with Crippen molar-refractivity contribution in [2.45, 2.75) is 26.7 Å². The van der Waals surface area contributed by atoms with Crippen LogP contribution in [0.1, 0.15) is 26.7 Å². The van der Waals surface area contributed by atoms with E-state index >= 15 is 0 Å². The van der Waals surface area contributed by atoms with Gasteiger partial charge >= 0.3 is 0 Å². The first-order valence-corrected chi connectivity index (χ1v) is 4.35. The van der Waals surface area contributed by atoms with Crippen molar-refractivity contribution >= 4 is 5.78 Å². The minimum Gasteiger partial charge on any atom is -0.298 e. The van der Waals surface area contributed by atoms with Gasteiger partial charge in [0.05, 0.1) is 0 Å². The molecule has 0 spiro atoms. The number of rotatable bonds is 0. The molecule has 1 saturated carbocycles. The molecule has 2 atom stereocenters. The molecule has 0 aromatic heterocycles. The zero-order valence-electron chi connectivity index (χ0n) is 7.13. The third-order valence-electron chi connectivity index (χ3n) is 3.26. The molecule has 3 rings (SSSR count). The third-order valence-corrected chi connectivity index (χ3v) is 3.26. The smallest absolute Gasteiger partial charge is 0.145 e. The highest BCUT2D eigenvalue weighted by Gasteiger charge is 2.45. The minimum absolute atomic E-state index is 0.0718. The van der Waals surface area contributed by atoms with E-state index in [9.17, 15) is 4.79 Å². The van der Waals surface area contributed by atoms with Gasteiger partial charge in [-0.3, -0.25) is 4.79 Å². The van der Waals surface area contributed by atoms with Gasteiger partial charge < -0.3 is 0 Å². The Bertz CT molecular complexity index is 225. The van der Waals surface area contributed by atoms with E-state index in [1.807, 2.05) is 0 Å². The Morgan fingerprint density at radius 3 is 2.36 bits per heavy atom. The number of ketones is 1. The van der Waals surface area contributed by atoms with E-state index in [1.165, 1.54) is 6.42 Å². The molecule has 1 nitrogen and oxygen atoms in total. The van der Waals surface area contributed by atoms with Gasteiger partial charge in [-0.15, -0.1) is 0 Å². The summed E-state index contributed by atoms with van der Waals surface area (Å²) in [6, 6.07) is 0. The van der Waals surface area contributed by atoms with E-state index in [4.69, 9.17) is 0 Å². The second kappa shape index (κ2) is 1.96. The van der Waals surface area contributed by atoms with Crippen LogP contribution in [0.5, 0.6) is 0 Å². The van der Waals surface area contributed by atoms with Crippen LogP contribution in [0.15, 0.2) is 12.2 Å². The molecule has 0 aliphatic heterocycles. The molecule has 0 N–H and O–H groups in total. The topological polar surface area (TPSA) is 17.1 Å². The molecule has 0 saturated heterocycles. The summed E-state index contributed by atoms with van der Waals surface area (Å²) in [5.74, 6) is 1.21. The van der Waals surface area contributed by atoms with Crippen LogP contribution in [0.2, 0.25) is 0 Å². The molecule has 0 aromatic rings. The maximum Gasteiger partial charge on any atom is 0.145 e. The van der Waals surface area contributed by atoms with Crippen molar-refractivity contribution < 1.29 is 4.79 Å². The predicted molar refractivity (Wildman–Crippen MR) is 44.1 cm³/mol. The number of carbonyl (C=O) groups is 1. The number of hydrogen-bond acceptors (Lipinski definition) is 1. The summed E-state index contributed by atoms with van der Waals surface area (Å²) in [7, 11) is 0.